The Kier molecular flexibility index (Phi) is 6.25. The van der Waals surface area contributed by atoms with Crippen LogP contribution in [-0.4, -0.2) is 37.6 Å². The van der Waals surface area contributed by atoms with Gasteiger partial charge in [-0.05, 0) is 43.8 Å². The maximum absolute atomic E-state index is 12.1. The van der Waals surface area contributed by atoms with E-state index < -0.39 is 10.0 Å². The highest BCUT2D eigenvalue weighted by Gasteiger charge is 2.17. The van der Waals surface area contributed by atoms with E-state index in [0.717, 1.165) is 16.4 Å². The van der Waals surface area contributed by atoms with E-state index in [1.165, 1.54) is 26.2 Å². The molecule has 0 aliphatic heterocycles. The summed E-state index contributed by atoms with van der Waals surface area (Å²) in [5, 5.41) is 7.29. The maximum Gasteiger partial charge on any atom is 0.242 e. The Morgan fingerprint density at radius 3 is 2.62 bits per heavy atom. The highest BCUT2D eigenvalue weighted by molar-refractivity contribution is 7.89. The van der Waals surface area contributed by atoms with Crippen LogP contribution >= 0.6 is 12.2 Å². The fourth-order valence-corrected chi connectivity index (χ4v) is 2.44. The summed E-state index contributed by atoms with van der Waals surface area (Å²) in [6.45, 7) is 3.88. The van der Waals surface area contributed by atoms with Gasteiger partial charge in [0, 0.05) is 25.5 Å². The van der Waals surface area contributed by atoms with Crippen LogP contribution in [0.15, 0.2) is 34.3 Å². The first-order valence-corrected chi connectivity index (χ1v) is 8.25. The number of hydrogen-bond donors (Lipinski definition) is 2. The molecule has 1 aromatic carbocycles. The second kappa shape index (κ2) is 7.48. The average molecular weight is 328 g/mol. The second-order valence-electron chi connectivity index (χ2n) is 4.58. The summed E-state index contributed by atoms with van der Waals surface area (Å²) in [6, 6.07) is 6.46. The summed E-state index contributed by atoms with van der Waals surface area (Å²) in [4.78, 5) is 0.202. The zero-order chi connectivity index (χ0) is 16.0. The number of benzene rings is 1. The Labute approximate surface area is 131 Å². The third kappa shape index (κ3) is 5.07. The van der Waals surface area contributed by atoms with E-state index in [4.69, 9.17) is 12.2 Å². The standard InChI is InChI=1S/C13H20N4O2S2/c1-5-10(2)15-16-13(20)14-11-7-6-8-12(9-11)21(18,19)17(3)4/h6-9H,5H2,1-4H3,(H2,14,16,20)/b15-10+. The van der Waals surface area contributed by atoms with Gasteiger partial charge in [0.05, 0.1) is 4.90 Å². The van der Waals surface area contributed by atoms with Crippen molar-refractivity contribution in [2.45, 2.75) is 25.2 Å². The van der Waals surface area contributed by atoms with Crippen molar-refractivity contribution in [1.29, 1.82) is 0 Å². The molecule has 1 aromatic rings. The summed E-state index contributed by atoms with van der Waals surface area (Å²) >= 11 is 5.10. The fourth-order valence-electron chi connectivity index (χ4n) is 1.33. The van der Waals surface area contributed by atoms with E-state index in [1.54, 1.807) is 12.1 Å². The van der Waals surface area contributed by atoms with Crippen molar-refractivity contribution >= 4 is 38.8 Å². The van der Waals surface area contributed by atoms with Gasteiger partial charge in [-0.1, -0.05) is 13.0 Å². The van der Waals surface area contributed by atoms with Gasteiger partial charge >= 0.3 is 0 Å². The Balaban J connectivity index is 2.85. The molecule has 0 spiro atoms. The molecule has 2 N–H and O–H groups in total. The zero-order valence-electron chi connectivity index (χ0n) is 12.5. The third-order valence-corrected chi connectivity index (χ3v) is 4.73. The van der Waals surface area contributed by atoms with Crippen LogP contribution in [-0.2, 0) is 10.0 Å². The Hall–Kier alpha value is -1.51. The van der Waals surface area contributed by atoms with Crippen LogP contribution in [0.2, 0.25) is 0 Å². The number of sulfonamides is 1. The first-order valence-electron chi connectivity index (χ1n) is 6.40. The number of thiocarbonyl (C=S) groups is 1. The third-order valence-electron chi connectivity index (χ3n) is 2.73. The highest BCUT2D eigenvalue weighted by atomic mass is 32.2. The van der Waals surface area contributed by atoms with Crippen molar-refractivity contribution in [1.82, 2.24) is 9.73 Å². The highest BCUT2D eigenvalue weighted by Crippen LogP contribution is 2.17. The second-order valence-corrected chi connectivity index (χ2v) is 7.14. The molecule has 21 heavy (non-hydrogen) atoms. The van der Waals surface area contributed by atoms with Crippen LogP contribution in [0.5, 0.6) is 0 Å². The van der Waals surface area contributed by atoms with E-state index in [-0.39, 0.29) is 4.90 Å². The monoisotopic (exact) mass is 328 g/mol. The molecule has 0 amide bonds. The minimum Gasteiger partial charge on any atom is -0.331 e. The molecule has 0 aromatic heterocycles. The Bertz CT molecular complexity index is 639. The Morgan fingerprint density at radius 1 is 1.38 bits per heavy atom. The average Bonchev–Trinajstić information content (AvgIpc) is 2.44. The van der Waals surface area contributed by atoms with Crippen molar-refractivity contribution in [3.05, 3.63) is 24.3 Å². The van der Waals surface area contributed by atoms with Gasteiger partial charge in [0.25, 0.3) is 0 Å². The normalized spacial score (nSPS) is 12.3. The molecule has 0 aliphatic rings. The molecular formula is C13H20N4O2S2. The summed E-state index contributed by atoms with van der Waals surface area (Å²) in [5.74, 6) is 0. The van der Waals surface area contributed by atoms with Crippen molar-refractivity contribution < 1.29 is 8.42 Å². The van der Waals surface area contributed by atoms with E-state index in [9.17, 15) is 8.42 Å². The molecule has 0 atom stereocenters. The molecule has 8 heteroatoms. The number of nitrogens with one attached hydrogen (secondary N) is 2. The van der Waals surface area contributed by atoms with Gasteiger partial charge in [0.1, 0.15) is 0 Å². The van der Waals surface area contributed by atoms with E-state index in [1.807, 2.05) is 13.8 Å². The van der Waals surface area contributed by atoms with Crippen LogP contribution in [0.1, 0.15) is 20.3 Å². The lowest BCUT2D eigenvalue weighted by Gasteiger charge is -2.13. The van der Waals surface area contributed by atoms with Crippen molar-refractivity contribution in [3.63, 3.8) is 0 Å². The lowest BCUT2D eigenvalue weighted by atomic mass is 10.3. The molecule has 0 saturated heterocycles. The summed E-state index contributed by atoms with van der Waals surface area (Å²) in [6.07, 6.45) is 0.826. The van der Waals surface area contributed by atoms with Crippen LogP contribution in [0.25, 0.3) is 0 Å². The van der Waals surface area contributed by atoms with Gasteiger partial charge in [-0.2, -0.15) is 5.10 Å². The molecule has 0 radical (unpaired) electrons. The van der Waals surface area contributed by atoms with Crippen LogP contribution in [0.4, 0.5) is 5.69 Å². The summed E-state index contributed by atoms with van der Waals surface area (Å²) in [7, 11) is -0.483. The number of hydrazone groups is 1. The number of hydrogen-bond acceptors (Lipinski definition) is 4. The van der Waals surface area contributed by atoms with Crippen molar-refractivity contribution in [3.8, 4) is 0 Å². The molecule has 0 bridgehead atoms. The molecule has 0 unspecified atom stereocenters. The molecule has 1 rings (SSSR count). The SMILES string of the molecule is CC/C(C)=N/NC(=S)Nc1cccc(S(=O)(=O)N(C)C)c1. The first-order chi connectivity index (χ1) is 9.77. The molecule has 0 saturated carbocycles. The van der Waals surface area contributed by atoms with Crippen LogP contribution in [0, 0.1) is 0 Å². The first kappa shape index (κ1) is 17.5. The quantitative estimate of drug-likeness (QED) is 0.491. The predicted molar refractivity (Wildman–Crippen MR) is 90.1 cm³/mol. The summed E-state index contributed by atoms with van der Waals surface area (Å²) in [5.41, 5.74) is 4.21. The Morgan fingerprint density at radius 2 is 2.05 bits per heavy atom. The number of rotatable bonds is 5. The van der Waals surface area contributed by atoms with Gasteiger partial charge in [-0.15, -0.1) is 0 Å². The van der Waals surface area contributed by atoms with Crippen LogP contribution < -0.4 is 10.7 Å². The van der Waals surface area contributed by atoms with Crippen LogP contribution in [0.3, 0.4) is 0 Å². The largest absolute Gasteiger partial charge is 0.331 e. The van der Waals surface area contributed by atoms with Gasteiger partial charge < -0.3 is 5.32 Å². The zero-order valence-corrected chi connectivity index (χ0v) is 14.2. The number of nitrogens with zero attached hydrogens (tertiary/aromatic N) is 2. The molecule has 6 nitrogen and oxygen atoms in total. The number of anilines is 1. The van der Waals surface area contributed by atoms with Gasteiger partial charge in [0.15, 0.2) is 5.11 Å². The predicted octanol–water partition coefficient (Wildman–Crippen LogP) is 2.01. The minimum absolute atomic E-state index is 0.202. The van der Waals surface area contributed by atoms with E-state index in [0.29, 0.717) is 10.8 Å². The van der Waals surface area contributed by atoms with Crippen molar-refractivity contribution in [2.24, 2.45) is 5.10 Å². The summed E-state index contributed by atoms with van der Waals surface area (Å²) < 4.78 is 25.3. The lowest BCUT2D eigenvalue weighted by molar-refractivity contribution is 0.521. The van der Waals surface area contributed by atoms with Crippen molar-refractivity contribution in [2.75, 3.05) is 19.4 Å². The minimum atomic E-state index is -3.46. The molecule has 0 heterocycles. The fraction of sp³-hybridized carbons (Fsp3) is 0.385. The van der Waals surface area contributed by atoms with Gasteiger partial charge in [-0.25, -0.2) is 12.7 Å². The van der Waals surface area contributed by atoms with Gasteiger partial charge in [0.2, 0.25) is 10.0 Å². The maximum atomic E-state index is 12.1. The topological polar surface area (TPSA) is 73.8 Å². The van der Waals surface area contributed by atoms with Gasteiger partial charge in [-0.3, -0.25) is 5.43 Å². The lowest BCUT2D eigenvalue weighted by Crippen LogP contribution is -2.25. The smallest absolute Gasteiger partial charge is 0.242 e. The molecule has 116 valence electrons. The van der Waals surface area contributed by atoms with E-state index >= 15 is 0 Å². The molecule has 0 aliphatic carbocycles. The molecule has 0 fully saturated rings. The van der Waals surface area contributed by atoms with E-state index in [2.05, 4.69) is 15.8 Å². The molecular weight excluding hydrogens is 308 g/mol.